The number of piperazine rings is 1. The normalized spacial score (nSPS) is 16.9. The number of carbonyl (C=O) groups is 1. The lowest BCUT2D eigenvalue weighted by atomic mass is 10.1. The molecule has 2 aliphatic rings. The molecule has 2 aromatic heterocycles. The van der Waals surface area contributed by atoms with Crippen LogP contribution in [0.15, 0.2) is 34.9 Å². The van der Waals surface area contributed by atoms with Crippen LogP contribution in [0.4, 0.5) is 5.82 Å². The fraction of sp³-hybridized carbons (Fsp3) is 0.458. The van der Waals surface area contributed by atoms with E-state index in [1.54, 1.807) is 6.20 Å². The molecule has 0 unspecified atom stereocenters. The van der Waals surface area contributed by atoms with Gasteiger partial charge in [-0.25, -0.2) is 4.98 Å². The molecule has 0 atom stereocenters. The zero-order valence-electron chi connectivity index (χ0n) is 19.3. The number of nitrogens with zero attached hydrogens (tertiary/aromatic N) is 6. The summed E-state index contributed by atoms with van der Waals surface area (Å²) in [5, 5.41) is 11.6. The minimum atomic E-state index is -0.0464. The second-order valence-corrected chi connectivity index (χ2v) is 8.85. The third-order valence-electron chi connectivity index (χ3n) is 6.56. The zero-order valence-corrected chi connectivity index (χ0v) is 19.3. The maximum atomic E-state index is 12.4. The van der Waals surface area contributed by atoms with Gasteiger partial charge < -0.3 is 19.5 Å². The van der Waals surface area contributed by atoms with Gasteiger partial charge >= 0.3 is 0 Å². The number of hydrogen-bond donors (Lipinski definition) is 1. The molecule has 9 nitrogen and oxygen atoms in total. The van der Waals surface area contributed by atoms with E-state index in [0.29, 0.717) is 30.4 Å². The Morgan fingerprint density at radius 1 is 1.18 bits per heavy atom. The van der Waals surface area contributed by atoms with Crippen molar-refractivity contribution in [3.05, 3.63) is 41.7 Å². The maximum Gasteiger partial charge on any atom is 0.268 e. The summed E-state index contributed by atoms with van der Waals surface area (Å²) in [6, 6.07) is 8.03. The predicted octanol–water partition coefficient (Wildman–Crippen LogP) is 3.30. The fourth-order valence-corrected chi connectivity index (χ4v) is 4.53. The minimum Gasteiger partial charge on any atom is -0.415 e. The number of amides is 1. The van der Waals surface area contributed by atoms with E-state index in [1.807, 2.05) is 45.2 Å². The molecule has 3 heterocycles. The largest absolute Gasteiger partial charge is 0.415 e. The number of anilines is 1. The van der Waals surface area contributed by atoms with E-state index in [0.717, 1.165) is 49.6 Å². The zero-order chi connectivity index (χ0) is 23.0. The number of aryl methyl sites for hydroxylation is 1. The van der Waals surface area contributed by atoms with E-state index < -0.39 is 0 Å². The Bertz CT molecular complexity index is 1160. The number of carbonyl (C=O) groups excluding carboxylic acids is 1. The van der Waals surface area contributed by atoms with Gasteiger partial charge in [-0.15, -0.1) is 10.2 Å². The second kappa shape index (κ2) is 8.55. The SMILES string of the molecule is CCC(=O)N1CCN(c2cnc(C)c(-c3nnc(-c4ccc(CNC)cc4)o3)n2)CC12CC2.[HH].[HH]. The molecule has 1 amide bonds. The third kappa shape index (κ3) is 4.08. The highest BCUT2D eigenvalue weighted by Gasteiger charge is 2.53. The van der Waals surface area contributed by atoms with Crippen molar-refractivity contribution in [2.24, 2.45) is 0 Å². The van der Waals surface area contributed by atoms with Gasteiger partial charge in [0, 0.05) is 41.0 Å². The molecule has 1 spiro atoms. The van der Waals surface area contributed by atoms with Gasteiger partial charge in [-0.1, -0.05) is 19.1 Å². The average Bonchev–Trinajstić information content (AvgIpc) is 3.41. The van der Waals surface area contributed by atoms with Gasteiger partial charge in [0.15, 0.2) is 5.69 Å². The predicted molar refractivity (Wildman–Crippen MR) is 129 cm³/mol. The van der Waals surface area contributed by atoms with Crippen molar-refractivity contribution in [2.75, 3.05) is 31.6 Å². The summed E-state index contributed by atoms with van der Waals surface area (Å²) in [7, 11) is 1.92. The summed E-state index contributed by atoms with van der Waals surface area (Å²) in [6.45, 7) is 6.86. The molecule has 1 aliphatic carbocycles. The van der Waals surface area contributed by atoms with Crippen molar-refractivity contribution in [2.45, 2.75) is 45.2 Å². The number of benzene rings is 1. The van der Waals surface area contributed by atoms with Crippen LogP contribution in [-0.2, 0) is 11.3 Å². The smallest absolute Gasteiger partial charge is 0.268 e. The topological polar surface area (TPSA) is 100 Å². The molecule has 0 bridgehead atoms. The Labute approximate surface area is 196 Å². The molecule has 9 heteroatoms. The number of aromatic nitrogens is 4. The molecule has 33 heavy (non-hydrogen) atoms. The van der Waals surface area contributed by atoms with Gasteiger partial charge in [-0.3, -0.25) is 9.78 Å². The molecule has 2 fully saturated rings. The van der Waals surface area contributed by atoms with Crippen LogP contribution in [-0.4, -0.2) is 63.2 Å². The molecule has 1 N–H and O–H groups in total. The van der Waals surface area contributed by atoms with Gasteiger partial charge in [0.05, 0.1) is 17.4 Å². The monoisotopic (exact) mass is 451 g/mol. The van der Waals surface area contributed by atoms with Gasteiger partial charge in [0.2, 0.25) is 11.8 Å². The van der Waals surface area contributed by atoms with Crippen molar-refractivity contribution >= 4 is 11.7 Å². The van der Waals surface area contributed by atoms with Gasteiger partial charge in [-0.05, 0) is 44.5 Å². The van der Waals surface area contributed by atoms with Crippen molar-refractivity contribution in [1.29, 1.82) is 0 Å². The van der Waals surface area contributed by atoms with Crippen molar-refractivity contribution < 1.29 is 12.1 Å². The summed E-state index contributed by atoms with van der Waals surface area (Å²) in [5.41, 5.74) is 3.33. The first-order valence-electron chi connectivity index (χ1n) is 11.5. The first-order chi connectivity index (χ1) is 16.0. The summed E-state index contributed by atoms with van der Waals surface area (Å²) in [5.74, 6) is 1.83. The molecule has 0 radical (unpaired) electrons. The van der Waals surface area contributed by atoms with Crippen LogP contribution in [0, 0.1) is 6.92 Å². The van der Waals surface area contributed by atoms with Gasteiger partial charge in [0.1, 0.15) is 5.82 Å². The first kappa shape index (κ1) is 21.5. The third-order valence-corrected chi connectivity index (χ3v) is 6.56. The fourth-order valence-electron chi connectivity index (χ4n) is 4.53. The van der Waals surface area contributed by atoms with E-state index >= 15 is 0 Å². The Morgan fingerprint density at radius 3 is 2.64 bits per heavy atom. The lowest BCUT2D eigenvalue weighted by molar-refractivity contribution is -0.134. The average molecular weight is 452 g/mol. The lowest BCUT2D eigenvalue weighted by Gasteiger charge is -2.42. The first-order valence-corrected chi connectivity index (χ1v) is 11.5. The number of hydrogen-bond acceptors (Lipinski definition) is 8. The van der Waals surface area contributed by atoms with Crippen LogP contribution in [0.25, 0.3) is 23.0 Å². The molecule has 3 aromatic rings. The van der Waals surface area contributed by atoms with Crippen molar-refractivity contribution in [1.82, 2.24) is 30.4 Å². The highest BCUT2D eigenvalue weighted by molar-refractivity contribution is 5.78. The number of nitrogens with one attached hydrogen (secondary N) is 1. The van der Waals surface area contributed by atoms with Crippen LogP contribution in [0.5, 0.6) is 0 Å². The molecule has 1 saturated heterocycles. The van der Waals surface area contributed by atoms with Crippen LogP contribution >= 0.6 is 0 Å². The molecule has 5 rings (SSSR count). The number of rotatable bonds is 6. The molecule has 176 valence electrons. The van der Waals surface area contributed by atoms with E-state index in [4.69, 9.17) is 9.40 Å². The Balaban J connectivity index is 0.00000171. The van der Waals surface area contributed by atoms with E-state index in [9.17, 15) is 4.79 Å². The Hall–Kier alpha value is -3.33. The molecular formula is C24H33N7O2. The summed E-state index contributed by atoms with van der Waals surface area (Å²) in [6.07, 6.45) is 4.43. The van der Waals surface area contributed by atoms with E-state index in [-0.39, 0.29) is 14.3 Å². The maximum absolute atomic E-state index is 12.4. The van der Waals surface area contributed by atoms with Crippen LogP contribution < -0.4 is 10.2 Å². The molecule has 1 aliphatic heterocycles. The van der Waals surface area contributed by atoms with Crippen LogP contribution in [0.3, 0.4) is 0 Å². The van der Waals surface area contributed by atoms with Crippen LogP contribution in [0.2, 0.25) is 0 Å². The summed E-state index contributed by atoms with van der Waals surface area (Å²) in [4.78, 5) is 26.1. The van der Waals surface area contributed by atoms with Crippen molar-refractivity contribution in [3.63, 3.8) is 0 Å². The van der Waals surface area contributed by atoms with E-state index in [2.05, 4.69) is 30.3 Å². The summed E-state index contributed by atoms with van der Waals surface area (Å²) < 4.78 is 5.98. The highest BCUT2D eigenvalue weighted by atomic mass is 16.4. The molecular weight excluding hydrogens is 418 g/mol. The van der Waals surface area contributed by atoms with Crippen LogP contribution in [0.1, 0.15) is 40.3 Å². The quantitative estimate of drug-likeness (QED) is 0.609. The van der Waals surface area contributed by atoms with E-state index in [1.165, 1.54) is 5.56 Å². The minimum absolute atomic E-state index is 0. The standard InChI is InChI=1S/C24H29N7O2.2H2/c1-4-20(32)31-12-11-30(15-24(31)9-10-24)19-14-26-16(2)21(27-19)23-29-28-22(33-23)18-7-5-17(6-8-18)13-25-3;;/h5-8,14,25H,4,9-13,15H2,1-3H3;2*1H. The van der Waals surface area contributed by atoms with Gasteiger partial charge in [0.25, 0.3) is 5.89 Å². The second-order valence-electron chi connectivity index (χ2n) is 8.85. The lowest BCUT2D eigenvalue weighted by Crippen LogP contribution is -2.57. The Kier molecular flexibility index (Phi) is 5.57. The van der Waals surface area contributed by atoms with Gasteiger partial charge in [-0.2, -0.15) is 0 Å². The Morgan fingerprint density at radius 2 is 1.94 bits per heavy atom. The summed E-state index contributed by atoms with van der Waals surface area (Å²) >= 11 is 0. The molecule has 1 saturated carbocycles. The molecule has 1 aromatic carbocycles. The van der Waals surface area contributed by atoms with Crippen molar-refractivity contribution in [3.8, 4) is 23.0 Å². The highest BCUT2D eigenvalue weighted by Crippen LogP contribution is 2.45.